The Morgan fingerprint density at radius 2 is 2.31 bits per heavy atom. The fourth-order valence-corrected chi connectivity index (χ4v) is 1.60. The summed E-state index contributed by atoms with van der Waals surface area (Å²) in [7, 11) is 0. The van der Waals surface area contributed by atoms with Crippen LogP contribution in [0.15, 0.2) is 18.2 Å². The number of nitrogens with zero attached hydrogens (tertiary/aromatic N) is 1. The zero-order chi connectivity index (χ0) is 12.0. The van der Waals surface area contributed by atoms with Gasteiger partial charge in [-0.15, -0.1) is 0 Å². The molecule has 0 fully saturated rings. The second-order valence-electron chi connectivity index (χ2n) is 3.56. The number of nitrogens with one attached hydrogen (secondary N) is 1. The smallest absolute Gasteiger partial charge is 0.146 e. The highest BCUT2D eigenvalue weighted by molar-refractivity contribution is 6.30. The maximum atomic E-state index is 13.5. The first kappa shape index (κ1) is 13.0. The number of rotatable bonds is 5. The standard InChI is InChI=1S/C12H14ClFN2/c1-2-10(6-7-15)16-8-9-4-3-5-11(13)12(9)14/h3-5,10,16H,2,6,8H2,1H3. The van der Waals surface area contributed by atoms with Gasteiger partial charge in [0.2, 0.25) is 0 Å². The minimum absolute atomic E-state index is 0.100. The maximum absolute atomic E-state index is 13.5. The second kappa shape index (κ2) is 6.47. The topological polar surface area (TPSA) is 35.8 Å². The molecule has 2 nitrogen and oxygen atoms in total. The van der Waals surface area contributed by atoms with Gasteiger partial charge in [0.1, 0.15) is 5.82 Å². The Balaban J connectivity index is 2.60. The molecule has 86 valence electrons. The summed E-state index contributed by atoms with van der Waals surface area (Å²) < 4.78 is 13.5. The molecule has 0 amide bonds. The lowest BCUT2D eigenvalue weighted by molar-refractivity contribution is 0.493. The molecule has 0 saturated carbocycles. The van der Waals surface area contributed by atoms with Crippen molar-refractivity contribution in [2.45, 2.75) is 32.4 Å². The Kier molecular flexibility index (Phi) is 5.24. The number of benzene rings is 1. The van der Waals surface area contributed by atoms with E-state index in [-0.39, 0.29) is 16.9 Å². The van der Waals surface area contributed by atoms with Gasteiger partial charge in [-0.25, -0.2) is 4.39 Å². The van der Waals surface area contributed by atoms with Crippen molar-refractivity contribution in [3.63, 3.8) is 0 Å². The molecule has 1 N–H and O–H groups in total. The van der Waals surface area contributed by atoms with Crippen molar-refractivity contribution < 1.29 is 4.39 Å². The SMILES string of the molecule is CCC(CC#N)NCc1cccc(Cl)c1F. The first-order valence-electron chi connectivity index (χ1n) is 5.22. The minimum Gasteiger partial charge on any atom is -0.309 e. The zero-order valence-electron chi connectivity index (χ0n) is 9.13. The predicted molar refractivity (Wildman–Crippen MR) is 62.6 cm³/mol. The van der Waals surface area contributed by atoms with Gasteiger partial charge in [0, 0.05) is 18.2 Å². The number of hydrogen-bond acceptors (Lipinski definition) is 2. The highest BCUT2D eigenvalue weighted by atomic mass is 35.5. The van der Waals surface area contributed by atoms with Crippen LogP contribution in [0.2, 0.25) is 5.02 Å². The van der Waals surface area contributed by atoms with Crippen LogP contribution < -0.4 is 5.32 Å². The highest BCUT2D eigenvalue weighted by Crippen LogP contribution is 2.17. The Hall–Kier alpha value is -1.11. The van der Waals surface area contributed by atoms with Crippen LogP contribution in [-0.4, -0.2) is 6.04 Å². The Morgan fingerprint density at radius 3 is 2.94 bits per heavy atom. The molecule has 0 saturated heterocycles. The van der Waals surface area contributed by atoms with Crippen LogP contribution in [0.1, 0.15) is 25.3 Å². The molecular formula is C12H14ClFN2. The summed E-state index contributed by atoms with van der Waals surface area (Å²) in [5.74, 6) is -0.386. The molecule has 16 heavy (non-hydrogen) atoms. The molecular weight excluding hydrogens is 227 g/mol. The van der Waals surface area contributed by atoms with Crippen LogP contribution in [0.3, 0.4) is 0 Å². The van der Waals surface area contributed by atoms with Crippen molar-refractivity contribution in [3.8, 4) is 6.07 Å². The van der Waals surface area contributed by atoms with Crippen LogP contribution in [-0.2, 0) is 6.54 Å². The number of halogens is 2. The largest absolute Gasteiger partial charge is 0.309 e. The van der Waals surface area contributed by atoms with Gasteiger partial charge in [-0.3, -0.25) is 0 Å². The van der Waals surface area contributed by atoms with Crippen molar-refractivity contribution >= 4 is 11.6 Å². The van der Waals surface area contributed by atoms with E-state index in [2.05, 4.69) is 11.4 Å². The minimum atomic E-state index is -0.386. The quantitative estimate of drug-likeness (QED) is 0.858. The van der Waals surface area contributed by atoms with Crippen LogP contribution in [0, 0.1) is 17.1 Å². The van der Waals surface area contributed by atoms with Crippen LogP contribution in [0.4, 0.5) is 4.39 Å². The van der Waals surface area contributed by atoms with E-state index in [9.17, 15) is 4.39 Å². The molecule has 0 aliphatic heterocycles. The van der Waals surface area contributed by atoms with Crippen LogP contribution >= 0.6 is 11.6 Å². The van der Waals surface area contributed by atoms with Gasteiger partial charge >= 0.3 is 0 Å². The molecule has 0 aliphatic rings. The van der Waals surface area contributed by atoms with Gasteiger partial charge in [-0.1, -0.05) is 30.7 Å². The third kappa shape index (κ3) is 3.48. The summed E-state index contributed by atoms with van der Waals surface area (Å²) >= 11 is 5.67. The van der Waals surface area contributed by atoms with E-state index >= 15 is 0 Å². The monoisotopic (exact) mass is 240 g/mol. The molecule has 0 aliphatic carbocycles. The first-order valence-corrected chi connectivity index (χ1v) is 5.60. The molecule has 4 heteroatoms. The Morgan fingerprint density at radius 1 is 1.56 bits per heavy atom. The van der Waals surface area contributed by atoms with Crippen molar-refractivity contribution in [2.75, 3.05) is 0 Å². The summed E-state index contributed by atoms with van der Waals surface area (Å²) in [6.45, 7) is 2.38. The molecule has 1 aromatic rings. The molecule has 1 aromatic carbocycles. The van der Waals surface area contributed by atoms with Gasteiger partial charge < -0.3 is 5.32 Å². The fraction of sp³-hybridized carbons (Fsp3) is 0.417. The molecule has 1 atom stereocenters. The Labute approximate surface area is 100 Å². The number of hydrogen-bond donors (Lipinski definition) is 1. The number of nitriles is 1. The zero-order valence-corrected chi connectivity index (χ0v) is 9.89. The molecule has 0 bridgehead atoms. The van der Waals surface area contributed by atoms with Gasteiger partial charge in [-0.05, 0) is 12.5 Å². The molecule has 0 radical (unpaired) electrons. The van der Waals surface area contributed by atoms with E-state index < -0.39 is 0 Å². The summed E-state index contributed by atoms with van der Waals surface area (Å²) in [4.78, 5) is 0. The Bertz CT molecular complexity index is 387. The average molecular weight is 241 g/mol. The summed E-state index contributed by atoms with van der Waals surface area (Å²) in [5.41, 5.74) is 0.531. The van der Waals surface area contributed by atoms with Crippen molar-refractivity contribution in [1.82, 2.24) is 5.32 Å². The third-order valence-electron chi connectivity index (χ3n) is 2.44. The van der Waals surface area contributed by atoms with E-state index in [4.69, 9.17) is 16.9 Å². The normalized spacial score (nSPS) is 12.1. The van der Waals surface area contributed by atoms with Crippen molar-refractivity contribution in [2.24, 2.45) is 0 Å². The molecule has 0 spiro atoms. The van der Waals surface area contributed by atoms with Gasteiger partial charge in [0.05, 0.1) is 17.5 Å². The summed E-state index contributed by atoms with van der Waals surface area (Å²) in [5, 5.41) is 11.8. The molecule has 0 aromatic heterocycles. The van der Waals surface area contributed by atoms with Crippen molar-refractivity contribution in [3.05, 3.63) is 34.6 Å². The average Bonchev–Trinajstić information content (AvgIpc) is 2.29. The predicted octanol–water partition coefficient (Wildman–Crippen LogP) is 3.26. The van der Waals surface area contributed by atoms with E-state index in [0.29, 0.717) is 18.5 Å². The fourth-order valence-electron chi connectivity index (χ4n) is 1.41. The van der Waals surface area contributed by atoms with Gasteiger partial charge in [-0.2, -0.15) is 5.26 Å². The van der Waals surface area contributed by atoms with Crippen LogP contribution in [0.5, 0.6) is 0 Å². The lowest BCUT2D eigenvalue weighted by Gasteiger charge is -2.14. The van der Waals surface area contributed by atoms with E-state index in [1.807, 2.05) is 6.92 Å². The summed E-state index contributed by atoms with van der Waals surface area (Å²) in [6.07, 6.45) is 1.27. The van der Waals surface area contributed by atoms with Crippen LogP contribution in [0.25, 0.3) is 0 Å². The molecule has 1 rings (SSSR count). The van der Waals surface area contributed by atoms with Crippen molar-refractivity contribution in [1.29, 1.82) is 5.26 Å². The lowest BCUT2D eigenvalue weighted by Crippen LogP contribution is -2.27. The van der Waals surface area contributed by atoms with Gasteiger partial charge in [0.25, 0.3) is 0 Å². The van der Waals surface area contributed by atoms with E-state index in [0.717, 1.165) is 6.42 Å². The van der Waals surface area contributed by atoms with Gasteiger partial charge in [0.15, 0.2) is 0 Å². The highest BCUT2D eigenvalue weighted by Gasteiger charge is 2.09. The van der Waals surface area contributed by atoms with E-state index in [1.165, 1.54) is 6.07 Å². The second-order valence-corrected chi connectivity index (χ2v) is 3.97. The third-order valence-corrected chi connectivity index (χ3v) is 2.74. The summed E-state index contributed by atoms with van der Waals surface area (Å²) in [6, 6.07) is 7.12. The maximum Gasteiger partial charge on any atom is 0.146 e. The molecule has 0 heterocycles. The first-order chi connectivity index (χ1) is 7.69. The van der Waals surface area contributed by atoms with E-state index in [1.54, 1.807) is 12.1 Å². The molecule has 1 unspecified atom stereocenters. The lowest BCUT2D eigenvalue weighted by atomic mass is 10.1.